The predicted octanol–water partition coefficient (Wildman–Crippen LogP) is 1.98. The molecule has 1 aromatic rings. The first-order valence-corrected chi connectivity index (χ1v) is 8.01. The molecule has 0 radical (unpaired) electrons. The summed E-state index contributed by atoms with van der Waals surface area (Å²) in [6.07, 6.45) is 1.22. The SMILES string of the molecule is O=C(O)C1CCN(C(=O)Cc2cc(Cl)c3c(c2)OCCO3)CC1. The number of likely N-dealkylation sites (tertiary alicyclic amines) is 1. The van der Waals surface area contributed by atoms with Gasteiger partial charge < -0.3 is 19.5 Å². The van der Waals surface area contributed by atoms with Gasteiger partial charge in [0.2, 0.25) is 5.91 Å². The second-order valence-corrected chi connectivity index (χ2v) is 6.18. The standard InChI is InChI=1S/C16H18ClNO5/c17-12-7-10(8-13-15(12)23-6-5-22-13)9-14(19)18-3-1-11(2-4-18)16(20)21/h7-8,11H,1-6,9H2,(H,20,21). The number of rotatable bonds is 3. The predicted molar refractivity (Wildman–Crippen MR) is 83.1 cm³/mol. The number of hydrogen-bond acceptors (Lipinski definition) is 4. The molecule has 2 aliphatic heterocycles. The summed E-state index contributed by atoms with van der Waals surface area (Å²) >= 11 is 6.18. The van der Waals surface area contributed by atoms with Crippen LogP contribution in [-0.2, 0) is 16.0 Å². The minimum absolute atomic E-state index is 0.0263. The Kier molecular flexibility index (Phi) is 4.61. The number of hydrogen-bond donors (Lipinski definition) is 1. The number of piperidine rings is 1. The fourth-order valence-corrected chi connectivity index (χ4v) is 3.22. The molecular weight excluding hydrogens is 322 g/mol. The average Bonchev–Trinajstić information content (AvgIpc) is 2.55. The highest BCUT2D eigenvalue weighted by atomic mass is 35.5. The molecule has 3 rings (SSSR count). The van der Waals surface area contributed by atoms with Crippen LogP contribution in [0.25, 0.3) is 0 Å². The van der Waals surface area contributed by atoms with Crippen LogP contribution in [0.2, 0.25) is 5.02 Å². The molecule has 6 nitrogen and oxygen atoms in total. The molecule has 2 aliphatic rings. The van der Waals surface area contributed by atoms with Crippen molar-refractivity contribution in [2.45, 2.75) is 19.3 Å². The van der Waals surface area contributed by atoms with Crippen molar-refractivity contribution in [2.75, 3.05) is 26.3 Å². The van der Waals surface area contributed by atoms with Gasteiger partial charge in [-0.3, -0.25) is 9.59 Å². The van der Waals surface area contributed by atoms with E-state index in [0.717, 1.165) is 5.56 Å². The van der Waals surface area contributed by atoms with Crippen LogP contribution in [-0.4, -0.2) is 48.2 Å². The molecule has 7 heteroatoms. The molecule has 1 aromatic carbocycles. The summed E-state index contributed by atoms with van der Waals surface area (Å²) in [5, 5.41) is 9.44. The van der Waals surface area contributed by atoms with Gasteiger partial charge in [-0.15, -0.1) is 0 Å². The van der Waals surface area contributed by atoms with Gasteiger partial charge in [0.05, 0.1) is 17.4 Å². The van der Waals surface area contributed by atoms with E-state index in [9.17, 15) is 9.59 Å². The molecule has 0 atom stereocenters. The summed E-state index contributed by atoms with van der Waals surface area (Å²) < 4.78 is 11.0. The highest BCUT2D eigenvalue weighted by molar-refractivity contribution is 6.32. The Balaban J connectivity index is 1.64. The summed E-state index contributed by atoms with van der Waals surface area (Å²) in [7, 11) is 0. The second-order valence-electron chi connectivity index (χ2n) is 5.77. The van der Waals surface area contributed by atoms with Crippen molar-refractivity contribution in [1.82, 2.24) is 4.90 Å². The van der Waals surface area contributed by atoms with Gasteiger partial charge in [0.25, 0.3) is 0 Å². The number of carboxylic acid groups (broad SMARTS) is 1. The van der Waals surface area contributed by atoms with Gasteiger partial charge in [-0.25, -0.2) is 0 Å². The molecule has 0 unspecified atom stereocenters. The van der Waals surface area contributed by atoms with Gasteiger partial charge in [-0.05, 0) is 30.5 Å². The summed E-state index contributed by atoms with van der Waals surface area (Å²) in [4.78, 5) is 25.1. The van der Waals surface area contributed by atoms with Crippen LogP contribution in [0.5, 0.6) is 11.5 Å². The monoisotopic (exact) mass is 339 g/mol. The number of amides is 1. The van der Waals surface area contributed by atoms with E-state index in [2.05, 4.69) is 0 Å². The Labute approximate surface area is 138 Å². The zero-order chi connectivity index (χ0) is 16.4. The molecule has 23 heavy (non-hydrogen) atoms. The third-order valence-corrected chi connectivity index (χ3v) is 4.49. The van der Waals surface area contributed by atoms with E-state index in [4.69, 9.17) is 26.2 Å². The first-order chi connectivity index (χ1) is 11.0. The lowest BCUT2D eigenvalue weighted by molar-refractivity contribution is -0.145. The van der Waals surface area contributed by atoms with Crippen LogP contribution in [0.15, 0.2) is 12.1 Å². The molecule has 1 saturated heterocycles. The number of benzene rings is 1. The number of carboxylic acids is 1. The summed E-state index contributed by atoms with van der Waals surface area (Å²) in [6, 6.07) is 3.50. The van der Waals surface area contributed by atoms with Crippen molar-refractivity contribution >= 4 is 23.5 Å². The Hall–Kier alpha value is -1.95. The number of aliphatic carboxylic acids is 1. The smallest absolute Gasteiger partial charge is 0.306 e. The fraction of sp³-hybridized carbons (Fsp3) is 0.500. The number of fused-ring (bicyclic) bond motifs is 1. The maximum absolute atomic E-state index is 12.4. The lowest BCUT2D eigenvalue weighted by Gasteiger charge is -2.30. The van der Waals surface area contributed by atoms with Crippen LogP contribution in [0.4, 0.5) is 0 Å². The van der Waals surface area contributed by atoms with Crippen LogP contribution in [0.1, 0.15) is 18.4 Å². The van der Waals surface area contributed by atoms with Crippen LogP contribution >= 0.6 is 11.6 Å². The molecule has 124 valence electrons. The molecule has 0 spiro atoms. The Morgan fingerprint density at radius 1 is 1.22 bits per heavy atom. The first-order valence-electron chi connectivity index (χ1n) is 7.63. The number of halogens is 1. The van der Waals surface area contributed by atoms with Crippen molar-refractivity contribution in [3.8, 4) is 11.5 Å². The molecule has 2 heterocycles. The Bertz CT molecular complexity index is 625. The van der Waals surface area contributed by atoms with Crippen LogP contribution in [0, 0.1) is 5.92 Å². The van der Waals surface area contributed by atoms with Gasteiger partial charge in [0, 0.05) is 13.1 Å². The van der Waals surface area contributed by atoms with E-state index in [0.29, 0.717) is 55.7 Å². The average molecular weight is 340 g/mol. The van der Waals surface area contributed by atoms with Gasteiger partial charge in [-0.1, -0.05) is 11.6 Å². The van der Waals surface area contributed by atoms with E-state index in [1.54, 1.807) is 17.0 Å². The fourth-order valence-electron chi connectivity index (χ4n) is 2.93. The highest BCUT2D eigenvalue weighted by Crippen LogP contribution is 2.38. The number of ether oxygens (including phenoxy) is 2. The normalized spacial score (nSPS) is 17.9. The molecule has 0 aromatic heterocycles. The second kappa shape index (κ2) is 6.66. The van der Waals surface area contributed by atoms with Crippen molar-refractivity contribution in [2.24, 2.45) is 5.92 Å². The van der Waals surface area contributed by atoms with Crippen LogP contribution in [0.3, 0.4) is 0 Å². The third-order valence-electron chi connectivity index (χ3n) is 4.21. The minimum atomic E-state index is -0.782. The molecular formula is C16H18ClNO5. The Morgan fingerprint density at radius 3 is 2.61 bits per heavy atom. The van der Waals surface area contributed by atoms with Gasteiger partial charge in [0.1, 0.15) is 13.2 Å². The zero-order valence-corrected chi connectivity index (χ0v) is 13.3. The molecule has 0 aliphatic carbocycles. The van der Waals surface area contributed by atoms with Crippen molar-refractivity contribution < 1.29 is 24.2 Å². The van der Waals surface area contributed by atoms with Gasteiger partial charge in [0.15, 0.2) is 11.5 Å². The zero-order valence-electron chi connectivity index (χ0n) is 12.6. The summed E-state index contributed by atoms with van der Waals surface area (Å²) in [5.41, 5.74) is 0.768. The lowest BCUT2D eigenvalue weighted by Crippen LogP contribution is -2.41. The molecule has 1 fully saturated rings. The van der Waals surface area contributed by atoms with Gasteiger partial charge in [-0.2, -0.15) is 0 Å². The molecule has 1 N–H and O–H groups in total. The minimum Gasteiger partial charge on any atom is -0.486 e. The van der Waals surface area contributed by atoms with E-state index >= 15 is 0 Å². The number of nitrogens with zero attached hydrogens (tertiary/aromatic N) is 1. The quantitative estimate of drug-likeness (QED) is 0.911. The van der Waals surface area contributed by atoms with E-state index in [1.165, 1.54) is 0 Å². The number of carbonyl (C=O) groups excluding carboxylic acids is 1. The molecule has 1 amide bonds. The van der Waals surface area contributed by atoms with Crippen LogP contribution < -0.4 is 9.47 Å². The third kappa shape index (κ3) is 3.52. The van der Waals surface area contributed by atoms with E-state index in [-0.39, 0.29) is 18.2 Å². The first kappa shape index (κ1) is 15.9. The maximum atomic E-state index is 12.4. The topological polar surface area (TPSA) is 76.1 Å². The van der Waals surface area contributed by atoms with Crippen molar-refractivity contribution in [3.05, 3.63) is 22.7 Å². The van der Waals surface area contributed by atoms with Crippen molar-refractivity contribution in [3.63, 3.8) is 0 Å². The van der Waals surface area contributed by atoms with E-state index in [1.807, 2.05) is 0 Å². The summed E-state index contributed by atoms with van der Waals surface area (Å²) in [5.74, 6) is -0.0624. The largest absolute Gasteiger partial charge is 0.486 e. The Morgan fingerprint density at radius 2 is 1.91 bits per heavy atom. The molecule has 0 saturated carbocycles. The lowest BCUT2D eigenvalue weighted by atomic mass is 9.96. The highest BCUT2D eigenvalue weighted by Gasteiger charge is 2.27. The van der Waals surface area contributed by atoms with E-state index < -0.39 is 5.97 Å². The summed E-state index contributed by atoms with van der Waals surface area (Å²) in [6.45, 7) is 1.88. The van der Waals surface area contributed by atoms with Crippen molar-refractivity contribution in [1.29, 1.82) is 0 Å². The van der Waals surface area contributed by atoms with Gasteiger partial charge >= 0.3 is 5.97 Å². The maximum Gasteiger partial charge on any atom is 0.306 e. The molecule has 0 bridgehead atoms. The number of carbonyl (C=O) groups is 2.